The Hall–Kier alpha value is -8.15. The molecule has 0 N–H and O–H groups in total. The van der Waals surface area contributed by atoms with Gasteiger partial charge < -0.3 is 8.98 Å². The lowest BCUT2D eigenvalue weighted by molar-refractivity contribution is 0.669. The van der Waals surface area contributed by atoms with Crippen molar-refractivity contribution in [3.63, 3.8) is 0 Å². The molecule has 0 bridgehead atoms. The minimum Gasteiger partial charge on any atom is -0.456 e. The predicted molar refractivity (Wildman–Crippen MR) is 246 cm³/mol. The normalized spacial score (nSPS) is 11.7. The summed E-state index contributed by atoms with van der Waals surface area (Å²) in [5, 5.41) is 6.86. The number of hydrogen-bond donors (Lipinski definition) is 0. The summed E-state index contributed by atoms with van der Waals surface area (Å²) in [5.74, 6) is 1.79. The molecule has 0 aliphatic carbocycles. The van der Waals surface area contributed by atoms with Gasteiger partial charge in [0.1, 0.15) is 11.2 Å². The highest BCUT2D eigenvalue weighted by Gasteiger charge is 2.22. The maximum Gasteiger partial charge on any atom is 0.164 e. The van der Waals surface area contributed by atoms with E-state index in [2.05, 4.69) is 138 Å². The molecule has 0 aliphatic heterocycles. The highest BCUT2D eigenvalue weighted by Crippen LogP contribution is 2.43. The molecule has 0 unspecified atom stereocenters. The summed E-state index contributed by atoms with van der Waals surface area (Å²) in [7, 11) is 0. The van der Waals surface area contributed by atoms with E-state index in [4.69, 9.17) is 19.4 Å². The molecule has 0 spiro atoms. The first-order valence-corrected chi connectivity index (χ1v) is 20.2. The van der Waals surface area contributed by atoms with Crippen molar-refractivity contribution in [1.82, 2.24) is 19.5 Å². The Bertz CT molecular complexity index is 3520. The van der Waals surface area contributed by atoms with Crippen LogP contribution in [0.3, 0.4) is 0 Å². The zero-order valence-electron chi connectivity index (χ0n) is 32.3. The quantitative estimate of drug-likeness (QED) is 0.169. The fourth-order valence-corrected chi connectivity index (χ4v) is 8.79. The molecule has 0 saturated heterocycles. The lowest BCUT2D eigenvalue weighted by Crippen LogP contribution is -2.01. The third-order valence-electron chi connectivity index (χ3n) is 11.6. The van der Waals surface area contributed by atoms with Crippen LogP contribution in [-0.4, -0.2) is 19.5 Å². The van der Waals surface area contributed by atoms with E-state index >= 15 is 0 Å². The molecule has 3 aromatic heterocycles. The zero-order chi connectivity index (χ0) is 39.6. The molecule has 3 heterocycles. The van der Waals surface area contributed by atoms with E-state index in [1.54, 1.807) is 0 Å². The van der Waals surface area contributed by atoms with Gasteiger partial charge in [-0.05, 0) is 69.4 Å². The minimum absolute atomic E-state index is 0.568. The molecular weight excluding hydrogens is 733 g/mol. The first-order valence-electron chi connectivity index (χ1n) is 20.2. The predicted octanol–water partition coefficient (Wildman–Crippen LogP) is 14.4. The standard InChI is InChI=1S/C55H34N4O/c1-4-14-35(15-5-1)36-24-26-37(27-25-36)41-29-30-46-45(32-41)51-43-21-11-10-16-38(43)28-31-47(51)59(46)48-33-42(34-50-52(48)44-22-12-13-23-49(44)60-50)55-57-53(39-17-6-2-7-18-39)56-54(58-55)40-19-8-3-9-20-40/h1-34H. The summed E-state index contributed by atoms with van der Waals surface area (Å²) in [4.78, 5) is 15.3. The fourth-order valence-electron chi connectivity index (χ4n) is 8.79. The van der Waals surface area contributed by atoms with E-state index in [1.165, 1.54) is 38.2 Å². The molecule has 60 heavy (non-hydrogen) atoms. The van der Waals surface area contributed by atoms with Crippen molar-refractivity contribution in [1.29, 1.82) is 0 Å². The van der Waals surface area contributed by atoms with Crippen LogP contribution in [0.5, 0.6) is 0 Å². The van der Waals surface area contributed by atoms with Crippen LogP contribution in [0.15, 0.2) is 211 Å². The van der Waals surface area contributed by atoms with Gasteiger partial charge in [-0.1, -0.05) is 170 Å². The van der Waals surface area contributed by atoms with Gasteiger partial charge in [-0.15, -0.1) is 0 Å². The molecule has 280 valence electrons. The summed E-state index contributed by atoms with van der Waals surface area (Å²) in [6, 6.07) is 72.3. The number of nitrogens with zero attached hydrogens (tertiary/aromatic N) is 4. The third-order valence-corrected chi connectivity index (χ3v) is 11.6. The van der Waals surface area contributed by atoms with E-state index in [0.717, 1.165) is 60.9 Å². The fraction of sp³-hybridized carbons (Fsp3) is 0. The number of rotatable bonds is 6. The maximum atomic E-state index is 6.71. The second-order valence-electron chi connectivity index (χ2n) is 15.2. The number of hydrogen-bond acceptors (Lipinski definition) is 4. The van der Waals surface area contributed by atoms with Gasteiger partial charge in [0.15, 0.2) is 17.5 Å². The number of fused-ring (bicyclic) bond motifs is 8. The van der Waals surface area contributed by atoms with Crippen LogP contribution >= 0.6 is 0 Å². The summed E-state index contributed by atoms with van der Waals surface area (Å²) < 4.78 is 9.12. The van der Waals surface area contributed by atoms with Crippen molar-refractivity contribution < 1.29 is 4.42 Å². The summed E-state index contributed by atoms with van der Waals surface area (Å²) >= 11 is 0. The lowest BCUT2D eigenvalue weighted by atomic mass is 9.98. The molecule has 12 rings (SSSR count). The molecule has 0 aliphatic rings. The average molecular weight is 767 g/mol. The van der Waals surface area contributed by atoms with Crippen molar-refractivity contribution >= 4 is 54.5 Å². The highest BCUT2D eigenvalue weighted by molar-refractivity contribution is 6.23. The molecule has 0 radical (unpaired) electrons. The topological polar surface area (TPSA) is 56.7 Å². The molecule has 0 fully saturated rings. The Morgan fingerprint density at radius 3 is 1.52 bits per heavy atom. The molecule has 5 nitrogen and oxygen atoms in total. The molecule has 12 aromatic rings. The Morgan fingerprint density at radius 1 is 0.317 bits per heavy atom. The third kappa shape index (κ3) is 5.59. The minimum atomic E-state index is 0.568. The smallest absolute Gasteiger partial charge is 0.164 e. The second kappa shape index (κ2) is 13.8. The monoisotopic (exact) mass is 766 g/mol. The van der Waals surface area contributed by atoms with Gasteiger partial charge in [0, 0.05) is 32.8 Å². The summed E-state index contributed by atoms with van der Waals surface area (Å²) in [6.07, 6.45) is 0. The van der Waals surface area contributed by atoms with Crippen LogP contribution in [0, 0.1) is 0 Å². The van der Waals surface area contributed by atoms with Gasteiger partial charge in [-0.2, -0.15) is 0 Å². The van der Waals surface area contributed by atoms with Gasteiger partial charge in [-0.25, -0.2) is 15.0 Å². The zero-order valence-corrected chi connectivity index (χ0v) is 32.3. The molecule has 5 heteroatoms. The van der Waals surface area contributed by atoms with E-state index in [1.807, 2.05) is 72.8 Å². The van der Waals surface area contributed by atoms with E-state index in [9.17, 15) is 0 Å². The largest absolute Gasteiger partial charge is 0.456 e. The molecule has 0 amide bonds. The molecule has 0 saturated carbocycles. The summed E-state index contributed by atoms with van der Waals surface area (Å²) in [6.45, 7) is 0. The van der Waals surface area contributed by atoms with Crippen LogP contribution in [0.1, 0.15) is 0 Å². The Kier molecular flexibility index (Phi) is 7.78. The first kappa shape index (κ1) is 33.9. The number of aromatic nitrogens is 4. The van der Waals surface area contributed by atoms with Crippen molar-refractivity contribution in [3.8, 4) is 62.1 Å². The van der Waals surface area contributed by atoms with E-state index in [0.29, 0.717) is 17.5 Å². The molecule has 0 atom stereocenters. The highest BCUT2D eigenvalue weighted by atomic mass is 16.3. The van der Waals surface area contributed by atoms with Crippen molar-refractivity contribution in [2.45, 2.75) is 0 Å². The van der Waals surface area contributed by atoms with Crippen molar-refractivity contribution in [2.75, 3.05) is 0 Å². The van der Waals surface area contributed by atoms with Crippen LogP contribution in [-0.2, 0) is 0 Å². The molecular formula is C55H34N4O. The number of para-hydroxylation sites is 1. The van der Waals surface area contributed by atoms with Gasteiger partial charge in [-0.3, -0.25) is 0 Å². The van der Waals surface area contributed by atoms with Crippen LogP contribution < -0.4 is 0 Å². The SMILES string of the molecule is c1ccc(-c2ccc(-c3ccc4c(c3)c3c5ccccc5ccc3n4-c3cc(-c4nc(-c5ccccc5)nc(-c5ccccc5)n4)cc4oc5ccccc5c34)cc2)cc1. The van der Waals surface area contributed by atoms with Crippen LogP contribution in [0.2, 0.25) is 0 Å². The van der Waals surface area contributed by atoms with Crippen LogP contribution in [0.25, 0.3) is 117 Å². The Labute approximate surface area is 345 Å². The summed E-state index contributed by atoms with van der Waals surface area (Å²) in [5.41, 5.74) is 12.2. The van der Waals surface area contributed by atoms with Gasteiger partial charge in [0.2, 0.25) is 0 Å². The van der Waals surface area contributed by atoms with Crippen LogP contribution in [0.4, 0.5) is 0 Å². The maximum absolute atomic E-state index is 6.71. The van der Waals surface area contributed by atoms with Gasteiger partial charge in [0.25, 0.3) is 0 Å². The number of furan rings is 1. The van der Waals surface area contributed by atoms with Gasteiger partial charge >= 0.3 is 0 Å². The van der Waals surface area contributed by atoms with E-state index < -0.39 is 0 Å². The first-order chi connectivity index (χ1) is 29.7. The van der Waals surface area contributed by atoms with Crippen molar-refractivity contribution in [3.05, 3.63) is 206 Å². The van der Waals surface area contributed by atoms with Crippen molar-refractivity contribution in [2.24, 2.45) is 0 Å². The lowest BCUT2D eigenvalue weighted by Gasteiger charge is -2.13. The van der Waals surface area contributed by atoms with Gasteiger partial charge in [0.05, 0.1) is 22.1 Å². The average Bonchev–Trinajstić information content (AvgIpc) is 3.88. The Balaban J connectivity index is 1.13. The van der Waals surface area contributed by atoms with E-state index in [-0.39, 0.29) is 0 Å². The molecule has 9 aromatic carbocycles. The second-order valence-corrected chi connectivity index (χ2v) is 15.2. The number of benzene rings is 9. The Morgan fingerprint density at radius 2 is 0.833 bits per heavy atom.